The molecule has 0 radical (unpaired) electrons. The van der Waals surface area contributed by atoms with Gasteiger partial charge in [-0.25, -0.2) is 4.99 Å². The molecule has 1 aliphatic heterocycles. The smallest absolute Gasteiger partial charge is 0.282 e. The number of aryl methyl sites for hydroxylation is 2. The van der Waals surface area contributed by atoms with E-state index < -0.39 is 0 Å². The van der Waals surface area contributed by atoms with Gasteiger partial charge in [-0.15, -0.1) is 0 Å². The average molecular weight is 296 g/mol. The number of rotatable bonds is 1. The van der Waals surface area contributed by atoms with Gasteiger partial charge in [0, 0.05) is 31.1 Å². The van der Waals surface area contributed by atoms with Crippen molar-refractivity contribution in [2.45, 2.75) is 32.2 Å². The molecule has 1 aromatic carbocycles. The summed E-state index contributed by atoms with van der Waals surface area (Å²) in [4.78, 5) is 4.53. The number of aromatic nitrogens is 2. The quantitative estimate of drug-likeness (QED) is 0.874. The van der Waals surface area contributed by atoms with E-state index in [2.05, 4.69) is 42.1 Å². The zero-order valence-electron chi connectivity index (χ0n) is 13.2. The van der Waals surface area contributed by atoms with E-state index in [9.17, 15) is 0 Å². The summed E-state index contributed by atoms with van der Waals surface area (Å²) >= 11 is 0. The molecule has 1 aliphatic carbocycles. The molecule has 2 aliphatic rings. The summed E-state index contributed by atoms with van der Waals surface area (Å²) in [5.41, 5.74) is 13.0. The Morgan fingerprint density at radius 3 is 2.64 bits per heavy atom. The van der Waals surface area contributed by atoms with Crippen molar-refractivity contribution in [2.24, 2.45) is 17.8 Å². The molecule has 5 heteroatoms. The summed E-state index contributed by atoms with van der Waals surface area (Å²) in [5, 5.41) is 4.52. The summed E-state index contributed by atoms with van der Waals surface area (Å²) in [5.74, 6) is 0. The molecule has 22 heavy (non-hydrogen) atoms. The van der Waals surface area contributed by atoms with Gasteiger partial charge in [0.1, 0.15) is 12.1 Å². The van der Waals surface area contributed by atoms with Crippen LogP contribution >= 0.6 is 0 Å². The van der Waals surface area contributed by atoms with E-state index in [0.29, 0.717) is 12.6 Å². The Morgan fingerprint density at radius 2 is 2.00 bits per heavy atom. The summed E-state index contributed by atoms with van der Waals surface area (Å²) in [6.07, 6.45) is 1.81. The Morgan fingerprint density at radius 1 is 1.23 bits per heavy atom. The molecule has 0 fully saturated rings. The number of benzene rings is 1. The van der Waals surface area contributed by atoms with E-state index in [1.807, 2.05) is 11.7 Å². The van der Waals surface area contributed by atoms with Gasteiger partial charge in [0.05, 0.1) is 5.69 Å². The topological polar surface area (TPSA) is 65.4 Å². The normalized spacial score (nSPS) is 22.8. The zero-order valence-corrected chi connectivity index (χ0v) is 13.2. The maximum Gasteiger partial charge on any atom is 0.282 e. The monoisotopic (exact) mass is 296 g/mol. The van der Waals surface area contributed by atoms with Gasteiger partial charge in [-0.05, 0) is 30.5 Å². The SMILES string of the molecule is Cc1nn(C)c(C)c1-c1ccc2c(c1)CC1(COC(N)=N1)C2. The minimum Gasteiger partial charge on any atom is -0.463 e. The molecular weight excluding hydrogens is 276 g/mol. The van der Waals surface area contributed by atoms with Crippen LogP contribution in [0.3, 0.4) is 0 Å². The van der Waals surface area contributed by atoms with Crippen LogP contribution in [0.2, 0.25) is 0 Å². The van der Waals surface area contributed by atoms with Crippen LogP contribution in [-0.2, 0) is 24.6 Å². The van der Waals surface area contributed by atoms with Crippen molar-refractivity contribution in [3.8, 4) is 11.1 Å². The maximum absolute atomic E-state index is 5.70. The number of aliphatic imine (C=N–C) groups is 1. The molecule has 0 bridgehead atoms. The van der Waals surface area contributed by atoms with Gasteiger partial charge in [-0.3, -0.25) is 4.68 Å². The van der Waals surface area contributed by atoms with Crippen molar-refractivity contribution >= 4 is 6.02 Å². The number of hydrogen-bond acceptors (Lipinski definition) is 4. The Balaban J connectivity index is 1.75. The lowest BCUT2D eigenvalue weighted by molar-refractivity contribution is 0.258. The molecule has 0 saturated carbocycles. The van der Waals surface area contributed by atoms with Crippen molar-refractivity contribution in [3.63, 3.8) is 0 Å². The third-order valence-corrected chi connectivity index (χ3v) is 4.88. The third kappa shape index (κ3) is 1.85. The molecule has 0 amide bonds. The highest BCUT2D eigenvalue weighted by molar-refractivity contribution is 5.75. The van der Waals surface area contributed by atoms with Crippen LogP contribution in [0.15, 0.2) is 23.2 Å². The molecule has 0 saturated heterocycles. The minimum absolute atomic E-state index is 0.177. The molecule has 2 N–H and O–H groups in total. The minimum atomic E-state index is -0.177. The highest BCUT2D eigenvalue weighted by Crippen LogP contribution is 2.38. The van der Waals surface area contributed by atoms with Crippen LogP contribution in [0.4, 0.5) is 0 Å². The van der Waals surface area contributed by atoms with Gasteiger partial charge >= 0.3 is 0 Å². The van der Waals surface area contributed by atoms with E-state index in [-0.39, 0.29) is 5.54 Å². The number of hydrogen-bond donors (Lipinski definition) is 1. The van der Waals surface area contributed by atoms with Gasteiger partial charge in [0.2, 0.25) is 0 Å². The fourth-order valence-electron chi connectivity index (χ4n) is 3.77. The molecule has 1 aromatic heterocycles. The van der Waals surface area contributed by atoms with Crippen molar-refractivity contribution < 1.29 is 4.74 Å². The van der Waals surface area contributed by atoms with E-state index in [1.165, 1.54) is 27.9 Å². The molecule has 4 rings (SSSR count). The fourth-order valence-corrected chi connectivity index (χ4v) is 3.77. The highest BCUT2D eigenvalue weighted by atomic mass is 16.5. The molecule has 2 heterocycles. The van der Waals surface area contributed by atoms with Crippen LogP contribution in [-0.4, -0.2) is 27.9 Å². The molecular formula is C17H20N4O. The number of fused-ring (bicyclic) bond motifs is 1. The summed E-state index contributed by atoms with van der Waals surface area (Å²) in [7, 11) is 1.99. The fraction of sp³-hybridized carbons (Fsp3) is 0.412. The van der Waals surface area contributed by atoms with E-state index in [0.717, 1.165) is 18.5 Å². The Kier molecular flexibility index (Phi) is 2.64. The summed E-state index contributed by atoms with van der Waals surface area (Å²) in [6, 6.07) is 7.02. The van der Waals surface area contributed by atoms with Crippen molar-refractivity contribution in [3.05, 3.63) is 40.7 Å². The maximum atomic E-state index is 5.70. The molecule has 1 unspecified atom stereocenters. The van der Waals surface area contributed by atoms with E-state index in [1.54, 1.807) is 0 Å². The van der Waals surface area contributed by atoms with Crippen molar-refractivity contribution in [2.75, 3.05) is 6.61 Å². The van der Waals surface area contributed by atoms with Gasteiger partial charge < -0.3 is 10.5 Å². The largest absolute Gasteiger partial charge is 0.463 e. The standard InChI is InChI=1S/C17H20N4O/c1-10-15(11(2)21(3)20-10)12-4-5-13-7-17(8-14(13)6-12)9-22-16(18)19-17/h4-6H,7-9H2,1-3H3,(H2,18,19). The van der Waals surface area contributed by atoms with Gasteiger partial charge in [-0.2, -0.15) is 5.10 Å². The first-order chi connectivity index (χ1) is 10.5. The molecule has 1 spiro atoms. The van der Waals surface area contributed by atoms with E-state index in [4.69, 9.17) is 10.5 Å². The first-order valence-corrected chi connectivity index (χ1v) is 7.58. The van der Waals surface area contributed by atoms with Crippen LogP contribution in [0, 0.1) is 13.8 Å². The molecule has 114 valence electrons. The zero-order chi connectivity index (χ0) is 15.5. The Bertz CT molecular complexity index is 805. The molecule has 5 nitrogen and oxygen atoms in total. The lowest BCUT2D eigenvalue weighted by Crippen LogP contribution is -2.28. The van der Waals surface area contributed by atoms with Crippen LogP contribution in [0.25, 0.3) is 11.1 Å². The van der Waals surface area contributed by atoms with Gasteiger partial charge in [0.25, 0.3) is 6.02 Å². The first-order valence-electron chi connectivity index (χ1n) is 7.58. The number of nitrogens with zero attached hydrogens (tertiary/aromatic N) is 3. The second-order valence-corrected chi connectivity index (χ2v) is 6.47. The van der Waals surface area contributed by atoms with Crippen LogP contribution in [0.5, 0.6) is 0 Å². The lowest BCUT2D eigenvalue weighted by Gasteiger charge is -2.15. The summed E-state index contributed by atoms with van der Waals surface area (Å²) in [6.45, 7) is 4.76. The average Bonchev–Trinajstić information content (AvgIpc) is 3.07. The van der Waals surface area contributed by atoms with E-state index >= 15 is 0 Å². The molecule has 2 aromatic rings. The van der Waals surface area contributed by atoms with Gasteiger partial charge in [0.15, 0.2) is 0 Å². The first kappa shape index (κ1) is 13.4. The number of amidine groups is 1. The molecule has 1 atom stereocenters. The third-order valence-electron chi connectivity index (χ3n) is 4.88. The Labute approximate surface area is 129 Å². The van der Waals surface area contributed by atoms with Gasteiger partial charge in [-0.1, -0.05) is 18.2 Å². The second-order valence-electron chi connectivity index (χ2n) is 6.47. The predicted molar refractivity (Wildman–Crippen MR) is 85.8 cm³/mol. The van der Waals surface area contributed by atoms with Crippen LogP contribution in [0.1, 0.15) is 22.5 Å². The highest BCUT2D eigenvalue weighted by Gasteiger charge is 2.41. The van der Waals surface area contributed by atoms with Crippen molar-refractivity contribution in [1.82, 2.24) is 9.78 Å². The number of nitrogens with two attached hydrogens (primary N) is 1. The van der Waals surface area contributed by atoms with Crippen LogP contribution < -0.4 is 5.73 Å². The summed E-state index contributed by atoms with van der Waals surface area (Å²) < 4.78 is 7.33. The lowest BCUT2D eigenvalue weighted by atomic mass is 9.98. The number of ether oxygens (including phenoxy) is 1. The Hall–Kier alpha value is -2.30. The van der Waals surface area contributed by atoms with Crippen molar-refractivity contribution in [1.29, 1.82) is 0 Å². The second kappa shape index (κ2) is 4.35. The predicted octanol–water partition coefficient (Wildman–Crippen LogP) is 1.89.